The molecule has 36 heavy (non-hydrogen) atoms. The molecule has 0 aromatic heterocycles. The van der Waals surface area contributed by atoms with Gasteiger partial charge in [0.15, 0.2) is 5.96 Å². The first-order valence-electron chi connectivity index (χ1n) is 11.4. The minimum atomic E-state index is -4.52. The van der Waals surface area contributed by atoms with Crippen molar-refractivity contribution in [2.75, 3.05) is 7.11 Å². The second-order valence-electron chi connectivity index (χ2n) is 8.35. The molecule has 3 aromatic rings. The summed E-state index contributed by atoms with van der Waals surface area (Å²) >= 11 is 0. The van der Waals surface area contributed by atoms with Crippen molar-refractivity contribution in [3.8, 4) is 0 Å². The number of nitrogens with zero attached hydrogens (tertiary/aromatic N) is 2. The first-order chi connectivity index (χ1) is 17.3. The van der Waals surface area contributed by atoms with Crippen molar-refractivity contribution in [1.29, 1.82) is 0 Å². The Kier molecular flexibility index (Phi) is 7.43. The molecule has 1 aliphatic heterocycles. The smallest absolute Gasteiger partial charge is 0.416 e. The van der Waals surface area contributed by atoms with Crippen LogP contribution in [0, 0.1) is 0 Å². The quantitative estimate of drug-likeness (QED) is 0.438. The van der Waals surface area contributed by atoms with Gasteiger partial charge < -0.3 is 15.0 Å². The van der Waals surface area contributed by atoms with Crippen molar-refractivity contribution in [1.82, 2.24) is 10.2 Å². The lowest BCUT2D eigenvalue weighted by molar-refractivity contribution is -0.139. The number of halogens is 3. The van der Waals surface area contributed by atoms with Gasteiger partial charge in [0.25, 0.3) is 0 Å². The van der Waals surface area contributed by atoms with Gasteiger partial charge in [0.05, 0.1) is 37.4 Å². The number of aliphatic imine (C=N–C) groups is 1. The number of benzene rings is 3. The lowest BCUT2D eigenvalue weighted by Crippen LogP contribution is -2.48. The van der Waals surface area contributed by atoms with Crippen LogP contribution in [0.25, 0.3) is 0 Å². The first kappa shape index (κ1) is 25.0. The summed E-state index contributed by atoms with van der Waals surface area (Å²) in [6.45, 7) is 1.88. The summed E-state index contributed by atoms with van der Waals surface area (Å²) in [5.74, 6) is -0.195. The molecule has 1 unspecified atom stereocenters. The Morgan fingerprint density at radius 3 is 2.22 bits per heavy atom. The maximum atomic E-state index is 13.8. The number of hydrogen-bond acceptors (Lipinski definition) is 3. The van der Waals surface area contributed by atoms with Crippen molar-refractivity contribution >= 4 is 11.9 Å². The van der Waals surface area contributed by atoms with Crippen LogP contribution in [0.1, 0.15) is 35.2 Å². The predicted molar refractivity (Wildman–Crippen MR) is 132 cm³/mol. The Morgan fingerprint density at radius 1 is 0.972 bits per heavy atom. The van der Waals surface area contributed by atoms with Gasteiger partial charge in [-0.15, -0.1) is 0 Å². The Balaban J connectivity index is 1.83. The van der Waals surface area contributed by atoms with Crippen molar-refractivity contribution in [3.63, 3.8) is 0 Å². The summed E-state index contributed by atoms with van der Waals surface area (Å²) in [6.07, 6.45) is -4.52. The Bertz CT molecular complexity index is 1270. The monoisotopic (exact) mass is 493 g/mol. The third-order valence-electron chi connectivity index (χ3n) is 6.06. The van der Waals surface area contributed by atoms with Crippen LogP contribution in [0.4, 0.5) is 13.2 Å². The van der Waals surface area contributed by atoms with E-state index in [9.17, 15) is 18.0 Å². The van der Waals surface area contributed by atoms with E-state index in [1.807, 2.05) is 60.7 Å². The van der Waals surface area contributed by atoms with Gasteiger partial charge in [-0.2, -0.15) is 13.2 Å². The number of guanidine groups is 1. The molecule has 0 aliphatic carbocycles. The second-order valence-corrected chi connectivity index (χ2v) is 8.35. The molecule has 8 heteroatoms. The van der Waals surface area contributed by atoms with E-state index in [1.165, 1.54) is 19.2 Å². The number of rotatable bonds is 6. The van der Waals surface area contributed by atoms with Crippen LogP contribution in [-0.2, 0) is 28.8 Å². The van der Waals surface area contributed by atoms with E-state index in [2.05, 4.69) is 5.32 Å². The van der Waals surface area contributed by atoms with E-state index in [-0.39, 0.29) is 12.1 Å². The zero-order valence-corrected chi connectivity index (χ0v) is 19.9. The highest BCUT2D eigenvalue weighted by Crippen LogP contribution is 2.36. The van der Waals surface area contributed by atoms with Gasteiger partial charge in [0.1, 0.15) is 0 Å². The molecule has 0 spiro atoms. The lowest BCUT2D eigenvalue weighted by Gasteiger charge is -2.38. The number of carbonyl (C=O) groups is 1. The van der Waals surface area contributed by atoms with Gasteiger partial charge in [-0.1, -0.05) is 78.9 Å². The lowest BCUT2D eigenvalue weighted by atomic mass is 9.94. The van der Waals surface area contributed by atoms with Crippen molar-refractivity contribution in [3.05, 3.63) is 118 Å². The summed E-state index contributed by atoms with van der Waals surface area (Å²) in [5, 5.41) is 3.30. The summed E-state index contributed by atoms with van der Waals surface area (Å²) in [4.78, 5) is 19.2. The van der Waals surface area contributed by atoms with Crippen molar-refractivity contribution in [2.24, 2.45) is 4.99 Å². The number of esters is 1. The molecule has 0 saturated carbocycles. The van der Waals surface area contributed by atoms with Gasteiger partial charge in [-0.05, 0) is 29.7 Å². The molecule has 0 bridgehead atoms. The number of methoxy groups -OCH3 is 1. The van der Waals surface area contributed by atoms with E-state index in [4.69, 9.17) is 9.73 Å². The third kappa shape index (κ3) is 5.43. The van der Waals surface area contributed by atoms with Gasteiger partial charge >= 0.3 is 12.1 Å². The maximum Gasteiger partial charge on any atom is 0.416 e. The second kappa shape index (κ2) is 10.7. The fraction of sp³-hybridized carbons (Fsp3) is 0.214. The maximum absolute atomic E-state index is 13.8. The molecular weight excluding hydrogens is 467 g/mol. The highest BCUT2D eigenvalue weighted by Gasteiger charge is 2.37. The molecule has 0 saturated heterocycles. The first-order valence-corrected chi connectivity index (χ1v) is 11.4. The molecule has 4 rings (SSSR count). The van der Waals surface area contributed by atoms with Crippen LogP contribution >= 0.6 is 0 Å². The molecular formula is C28H26F3N3O2. The minimum absolute atomic E-state index is 0.0703. The summed E-state index contributed by atoms with van der Waals surface area (Å²) in [5.41, 5.74) is 1.87. The molecule has 5 nitrogen and oxygen atoms in total. The Labute approximate surface area is 207 Å². The zero-order chi connectivity index (χ0) is 25.7. The number of hydrogen-bond donors (Lipinski definition) is 1. The summed E-state index contributed by atoms with van der Waals surface area (Å²) in [6, 6.07) is 23.7. The molecule has 3 aromatic carbocycles. The molecule has 1 aliphatic rings. The normalized spacial score (nSPS) is 17.2. The summed E-state index contributed by atoms with van der Waals surface area (Å²) < 4.78 is 46.3. The number of nitrogens with one attached hydrogen (secondary N) is 1. The molecule has 1 N–H and O–H groups in total. The Morgan fingerprint density at radius 2 is 1.58 bits per heavy atom. The molecule has 0 amide bonds. The van der Waals surface area contributed by atoms with E-state index in [1.54, 1.807) is 17.9 Å². The number of ether oxygens (including phenoxy) is 1. The van der Waals surface area contributed by atoms with Crippen LogP contribution in [0.5, 0.6) is 0 Å². The zero-order valence-electron chi connectivity index (χ0n) is 19.9. The standard InChI is InChI=1S/C28H26F3N3O2/c1-19-24(26(35)36-2)25(21-13-7-4-8-14-21)33-27(32-17-20-11-5-3-6-12-20)34(19)18-22-15-9-10-16-23(22)28(29,30)31/h3-16,25H,17-18H2,1-2H3,(H,32,33). The van der Waals surface area contributed by atoms with E-state index >= 15 is 0 Å². The number of allylic oxidation sites excluding steroid dienone is 1. The van der Waals surface area contributed by atoms with E-state index in [0.717, 1.165) is 17.2 Å². The van der Waals surface area contributed by atoms with Gasteiger partial charge in [0, 0.05) is 5.70 Å². The van der Waals surface area contributed by atoms with Crippen LogP contribution in [0.2, 0.25) is 0 Å². The van der Waals surface area contributed by atoms with Gasteiger partial charge in [0.2, 0.25) is 0 Å². The SMILES string of the molecule is COC(=O)C1=C(C)N(Cc2ccccc2C(F)(F)F)C(=NCc2ccccc2)NC1c1ccccc1. The number of alkyl halides is 3. The van der Waals surface area contributed by atoms with Crippen LogP contribution in [-0.4, -0.2) is 23.9 Å². The molecule has 1 atom stereocenters. The van der Waals surface area contributed by atoms with Crippen LogP contribution in [0.15, 0.2) is 101 Å². The topological polar surface area (TPSA) is 53.9 Å². The predicted octanol–water partition coefficient (Wildman–Crippen LogP) is 5.86. The summed E-state index contributed by atoms with van der Waals surface area (Å²) in [7, 11) is 1.28. The third-order valence-corrected chi connectivity index (χ3v) is 6.06. The minimum Gasteiger partial charge on any atom is -0.466 e. The molecule has 0 radical (unpaired) electrons. The highest BCUT2D eigenvalue weighted by atomic mass is 19.4. The Hall–Kier alpha value is -4.07. The average molecular weight is 494 g/mol. The average Bonchev–Trinajstić information content (AvgIpc) is 2.89. The highest BCUT2D eigenvalue weighted by molar-refractivity contribution is 5.96. The number of carbonyl (C=O) groups excluding carboxylic acids is 1. The van der Waals surface area contributed by atoms with Gasteiger partial charge in [-0.25, -0.2) is 9.79 Å². The molecule has 186 valence electrons. The fourth-order valence-electron chi connectivity index (χ4n) is 4.24. The largest absolute Gasteiger partial charge is 0.466 e. The van der Waals surface area contributed by atoms with Crippen molar-refractivity contribution in [2.45, 2.75) is 32.2 Å². The van der Waals surface area contributed by atoms with E-state index < -0.39 is 23.8 Å². The van der Waals surface area contributed by atoms with Gasteiger partial charge in [-0.3, -0.25) is 0 Å². The molecule has 1 heterocycles. The van der Waals surface area contributed by atoms with Crippen LogP contribution < -0.4 is 5.32 Å². The van der Waals surface area contributed by atoms with Crippen LogP contribution in [0.3, 0.4) is 0 Å². The van der Waals surface area contributed by atoms with E-state index in [0.29, 0.717) is 23.8 Å². The fourth-order valence-corrected chi connectivity index (χ4v) is 4.24. The van der Waals surface area contributed by atoms with Crippen molar-refractivity contribution < 1.29 is 22.7 Å². The molecule has 0 fully saturated rings.